The molecule has 1 heterocycles. The topological polar surface area (TPSA) is 90.1 Å². The first-order valence-electron chi connectivity index (χ1n) is 10.4. The van der Waals surface area contributed by atoms with Crippen LogP contribution in [0.25, 0.3) is 0 Å². The van der Waals surface area contributed by atoms with Gasteiger partial charge in [0.15, 0.2) is 0 Å². The number of aliphatic imine (C=N–C) groups is 1. The molecule has 6 unspecified atom stereocenters. The van der Waals surface area contributed by atoms with E-state index in [2.05, 4.69) is 20.4 Å². The summed E-state index contributed by atoms with van der Waals surface area (Å²) in [6.07, 6.45) is 10.1. The molecule has 1 aliphatic carbocycles. The molecule has 0 bridgehead atoms. The number of fused-ring (bicyclic) bond motifs is 1. The second kappa shape index (κ2) is 10.6. The highest BCUT2D eigenvalue weighted by Crippen LogP contribution is 2.51. The van der Waals surface area contributed by atoms with E-state index in [0.29, 0.717) is 12.8 Å². The Labute approximate surface area is 173 Å². The van der Waals surface area contributed by atoms with E-state index in [1.54, 1.807) is 11.8 Å². The normalized spacial score (nSPS) is 31.6. The summed E-state index contributed by atoms with van der Waals surface area (Å²) < 4.78 is 0. The number of thioether (sulfide) groups is 1. The molecule has 0 amide bonds. The van der Waals surface area contributed by atoms with Crippen molar-refractivity contribution in [3.8, 4) is 0 Å². The van der Waals surface area contributed by atoms with Crippen LogP contribution >= 0.6 is 11.8 Å². The van der Waals surface area contributed by atoms with Crippen LogP contribution in [0.5, 0.6) is 0 Å². The van der Waals surface area contributed by atoms with Gasteiger partial charge in [-0.25, -0.2) is 0 Å². The highest BCUT2D eigenvalue weighted by molar-refractivity contribution is 8.13. The highest BCUT2D eigenvalue weighted by Gasteiger charge is 2.54. The van der Waals surface area contributed by atoms with Crippen molar-refractivity contribution < 1.29 is 20.1 Å². The molecule has 2 aliphatic rings. The predicted molar refractivity (Wildman–Crippen MR) is 116 cm³/mol. The number of hydrogen-bond acceptors (Lipinski definition) is 5. The minimum atomic E-state index is -0.770. The number of aliphatic carboxylic acids is 1. The maximum Gasteiger partial charge on any atom is 0.303 e. The lowest BCUT2D eigenvalue weighted by Crippen LogP contribution is -2.26. The van der Waals surface area contributed by atoms with Crippen molar-refractivity contribution in [2.45, 2.75) is 76.5 Å². The molecule has 1 aliphatic heterocycles. The monoisotopic (exact) mass is 409 g/mol. The van der Waals surface area contributed by atoms with Gasteiger partial charge in [-0.15, -0.1) is 18.3 Å². The molecule has 6 heteroatoms. The van der Waals surface area contributed by atoms with Gasteiger partial charge in [-0.3, -0.25) is 9.79 Å². The number of aliphatic hydroxyl groups is 2. The van der Waals surface area contributed by atoms with Crippen LogP contribution < -0.4 is 0 Å². The second-order valence-electron chi connectivity index (χ2n) is 8.20. The minimum absolute atomic E-state index is 0.0492. The number of aliphatic hydroxyl groups excluding tert-OH is 2. The van der Waals surface area contributed by atoms with Crippen LogP contribution in [0, 0.1) is 17.8 Å². The predicted octanol–water partition coefficient (Wildman–Crippen LogP) is 4.05. The maximum atomic E-state index is 10.7. The molecule has 28 heavy (non-hydrogen) atoms. The molecule has 2 rings (SSSR count). The number of rotatable bonds is 11. The summed E-state index contributed by atoms with van der Waals surface area (Å²) >= 11 is 1.62. The van der Waals surface area contributed by atoms with Gasteiger partial charge in [-0.05, 0) is 24.5 Å². The molecule has 0 aromatic rings. The van der Waals surface area contributed by atoms with Crippen LogP contribution in [0.3, 0.4) is 0 Å². The standard InChI is InChI=1S/C22H35NO4S/c1-4-6-8-15(3)18(24)11-10-16-17-13-20(28-12-7-9-21(26)27)23-22(17,5-2)14-19(16)25/h5,10-11,15-19,24-25H,2,4,6-9,12-14H2,1,3H3,(H,26,27)/b11-10+. The van der Waals surface area contributed by atoms with Gasteiger partial charge in [0.25, 0.3) is 0 Å². The van der Waals surface area contributed by atoms with Crippen molar-refractivity contribution in [2.24, 2.45) is 22.7 Å². The largest absolute Gasteiger partial charge is 0.481 e. The SMILES string of the molecule is C=CC12CC(O)C(/C=C/C(O)C(C)CCCC)C1CC(SCCCC(=O)O)=N2. The molecule has 5 nitrogen and oxygen atoms in total. The lowest BCUT2D eigenvalue weighted by atomic mass is 9.83. The summed E-state index contributed by atoms with van der Waals surface area (Å²) in [5, 5.41) is 30.8. The van der Waals surface area contributed by atoms with E-state index in [1.165, 1.54) is 0 Å². The van der Waals surface area contributed by atoms with Crippen LogP contribution in [-0.4, -0.2) is 49.8 Å². The zero-order valence-corrected chi connectivity index (χ0v) is 17.9. The van der Waals surface area contributed by atoms with Crippen LogP contribution in [0.4, 0.5) is 0 Å². The first-order chi connectivity index (χ1) is 13.3. The first-order valence-corrected chi connectivity index (χ1v) is 11.4. The fourth-order valence-electron chi connectivity index (χ4n) is 4.31. The van der Waals surface area contributed by atoms with Gasteiger partial charge < -0.3 is 15.3 Å². The summed E-state index contributed by atoms with van der Waals surface area (Å²) in [7, 11) is 0. The Balaban J connectivity index is 1.99. The Hall–Kier alpha value is -1.11. The quantitative estimate of drug-likeness (QED) is 0.354. The number of carboxylic acid groups (broad SMARTS) is 1. The van der Waals surface area contributed by atoms with Crippen molar-refractivity contribution in [1.82, 2.24) is 0 Å². The van der Waals surface area contributed by atoms with Crippen molar-refractivity contribution in [1.29, 1.82) is 0 Å². The molecule has 0 spiro atoms. The third kappa shape index (κ3) is 5.71. The second-order valence-corrected chi connectivity index (χ2v) is 9.37. The first kappa shape index (κ1) is 23.2. The van der Waals surface area contributed by atoms with Crippen LogP contribution in [0.15, 0.2) is 29.8 Å². The van der Waals surface area contributed by atoms with Gasteiger partial charge in [0.2, 0.25) is 0 Å². The molecule has 0 saturated heterocycles. The van der Waals surface area contributed by atoms with E-state index < -0.39 is 23.7 Å². The number of unbranched alkanes of at least 4 members (excludes halogenated alkanes) is 1. The Morgan fingerprint density at radius 3 is 2.86 bits per heavy atom. The van der Waals surface area contributed by atoms with E-state index in [4.69, 9.17) is 10.1 Å². The fraction of sp³-hybridized carbons (Fsp3) is 0.727. The molecule has 0 radical (unpaired) electrons. The zero-order valence-electron chi connectivity index (χ0n) is 17.1. The van der Waals surface area contributed by atoms with Crippen molar-refractivity contribution in [3.05, 3.63) is 24.8 Å². The summed E-state index contributed by atoms with van der Waals surface area (Å²) in [5.74, 6) is 0.276. The summed E-state index contributed by atoms with van der Waals surface area (Å²) in [4.78, 5) is 15.5. The number of hydrogen-bond donors (Lipinski definition) is 3. The summed E-state index contributed by atoms with van der Waals surface area (Å²) in [5.41, 5.74) is -0.442. The Bertz CT molecular complexity index is 605. The maximum absolute atomic E-state index is 10.7. The van der Waals surface area contributed by atoms with Crippen LogP contribution in [0.1, 0.15) is 58.8 Å². The van der Waals surface area contributed by atoms with Crippen molar-refractivity contribution >= 4 is 22.8 Å². The fourth-order valence-corrected chi connectivity index (χ4v) is 5.36. The van der Waals surface area contributed by atoms with E-state index in [1.807, 2.05) is 18.2 Å². The van der Waals surface area contributed by atoms with Crippen molar-refractivity contribution in [3.63, 3.8) is 0 Å². The molecular weight excluding hydrogens is 374 g/mol. The number of carboxylic acids is 1. The average Bonchev–Trinajstić information content (AvgIpc) is 3.13. The number of nitrogens with zero attached hydrogens (tertiary/aromatic N) is 1. The van der Waals surface area contributed by atoms with Crippen molar-refractivity contribution in [2.75, 3.05) is 5.75 Å². The lowest BCUT2D eigenvalue weighted by molar-refractivity contribution is -0.137. The highest BCUT2D eigenvalue weighted by atomic mass is 32.2. The van der Waals surface area contributed by atoms with Gasteiger partial charge in [-0.2, -0.15) is 0 Å². The van der Waals surface area contributed by atoms with Gasteiger partial charge >= 0.3 is 5.97 Å². The third-order valence-corrected chi connectivity index (χ3v) is 7.18. The van der Waals surface area contributed by atoms with E-state index in [-0.39, 0.29) is 24.2 Å². The molecule has 1 fully saturated rings. The number of carbonyl (C=O) groups is 1. The molecular formula is C22H35NO4S. The third-order valence-electron chi connectivity index (χ3n) is 6.10. The van der Waals surface area contributed by atoms with Crippen LogP contribution in [-0.2, 0) is 4.79 Å². The molecule has 158 valence electrons. The Morgan fingerprint density at radius 2 is 2.21 bits per heavy atom. The van der Waals surface area contributed by atoms with Crippen LogP contribution in [0.2, 0.25) is 0 Å². The molecule has 0 aromatic heterocycles. The van der Waals surface area contributed by atoms with Gasteiger partial charge in [0, 0.05) is 31.1 Å². The molecule has 1 saturated carbocycles. The summed E-state index contributed by atoms with van der Waals surface area (Å²) in [6, 6.07) is 0. The Kier molecular flexibility index (Phi) is 8.78. The van der Waals surface area contributed by atoms with E-state index in [9.17, 15) is 15.0 Å². The van der Waals surface area contributed by atoms with Gasteiger partial charge in [0.1, 0.15) is 0 Å². The average molecular weight is 410 g/mol. The minimum Gasteiger partial charge on any atom is -0.481 e. The van der Waals surface area contributed by atoms with Gasteiger partial charge in [-0.1, -0.05) is 44.9 Å². The summed E-state index contributed by atoms with van der Waals surface area (Å²) in [6.45, 7) is 8.19. The Morgan fingerprint density at radius 1 is 1.46 bits per heavy atom. The molecule has 6 atom stereocenters. The zero-order chi connectivity index (χ0) is 20.7. The molecule has 0 aromatic carbocycles. The van der Waals surface area contributed by atoms with Gasteiger partial charge in [0.05, 0.1) is 22.8 Å². The van der Waals surface area contributed by atoms with E-state index in [0.717, 1.165) is 36.5 Å². The molecule has 3 N–H and O–H groups in total. The lowest BCUT2D eigenvalue weighted by Gasteiger charge is -2.24. The smallest absolute Gasteiger partial charge is 0.303 e. The van der Waals surface area contributed by atoms with E-state index >= 15 is 0 Å².